The molecule has 0 bridgehead atoms. The topological polar surface area (TPSA) is 89.4 Å². The lowest BCUT2D eigenvalue weighted by Gasteiger charge is -2.21. The lowest BCUT2D eigenvalue weighted by Crippen LogP contribution is -2.17. The maximum atomic E-state index is 10.3. The number of halogens is 2. The number of nitrogens with zero attached hydrogens (tertiary/aromatic N) is 3. The van der Waals surface area contributed by atoms with Gasteiger partial charge in [-0.25, -0.2) is 0 Å². The van der Waals surface area contributed by atoms with Crippen LogP contribution in [-0.2, 0) is 0 Å². The molecule has 1 atom stereocenters. The van der Waals surface area contributed by atoms with Crippen molar-refractivity contribution in [1.82, 2.24) is 15.2 Å². The Kier molecular flexibility index (Phi) is 6.54. The van der Waals surface area contributed by atoms with Crippen LogP contribution in [0.2, 0.25) is 0 Å². The highest BCUT2D eigenvalue weighted by atomic mass is 127. The number of aromatic hydroxyl groups is 1. The van der Waals surface area contributed by atoms with Crippen molar-refractivity contribution in [3.63, 3.8) is 0 Å². The van der Waals surface area contributed by atoms with E-state index in [0.29, 0.717) is 32.7 Å². The van der Waals surface area contributed by atoms with Crippen molar-refractivity contribution in [2.24, 2.45) is 0 Å². The van der Waals surface area contributed by atoms with E-state index in [1.165, 1.54) is 11.8 Å². The monoisotopic (exact) mass is 600 g/mol. The van der Waals surface area contributed by atoms with Gasteiger partial charge in [-0.2, -0.15) is 4.98 Å². The highest BCUT2D eigenvalue weighted by molar-refractivity contribution is 14.1. The molecule has 3 aromatic rings. The zero-order valence-corrected chi connectivity index (χ0v) is 20.7. The third-order valence-corrected chi connectivity index (χ3v) is 6.35. The molecule has 0 saturated carbocycles. The predicted molar refractivity (Wildman–Crippen MR) is 128 cm³/mol. The molecule has 0 aliphatic carbocycles. The fraction of sp³-hybridized carbons (Fsp3) is 0.250. The summed E-state index contributed by atoms with van der Waals surface area (Å²) in [6, 6.07) is 9.49. The Morgan fingerprint density at radius 1 is 1.27 bits per heavy atom. The number of phenolic OH excluding ortho intramolecular Hbond substituents is 1. The summed E-state index contributed by atoms with van der Waals surface area (Å²) in [7, 11) is 0. The third-order valence-electron chi connectivity index (χ3n) is 4.31. The number of rotatable bonds is 5. The van der Waals surface area contributed by atoms with E-state index in [9.17, 15) is 5.11 Å². The number of thioether (sulfide) groups is 1. The van der Waals surface area contributed by atoms with Crippen molar-refractivity contribution in [3.05, 3.63) is 43.9 Å². The van der Waals surface area contributed by atoms with Crippen LogP contribution in [0.15, 0.2) is 40.0 Å². The van der Waals surface area contributed by atoms with Gasteiger partial charge in [0.2, 0.25) is 11.0 Å². The summed E-state index contributed by atoms with van der Waals surface area (Å²) in [5.74, 6) is 1.76. The average Bonchev–Trinajstić information content (AvgIpc) is 2.88. The van der Waals surface area contributed by atoms with Gasteiger partial charge in [-0.15, -0.1) is 10.2 Å². The van der Waals surface area contributed by atoms with Crippen molar-refractivity contribution >= 4 is 56.0 Å². The maximum Gasteiger partial charge on any atom is 0.247 e. The first-order chi connectivity index (χ1) is 14.5. The number of phenols is 1. The van der Waals surface area contributed by atoms with Crippen LogP contribution in [-0.4, -0.2) is 32.6 Å². The quantitative estimate of drug-likeness (QED) is 0.288. The van der Waals surface area contributed by atoms with E-state index in [-0.39, 0.29) is 5.75 Å². The summed E-state index contributed by atoms with van der Waals surface area (Å²) >= 11 is 7.11. The van der Waals surface area contributed by atoms with Crippen molar-refractivity contribution in [1.29, 1.82) is 0 Å². The molecule has 1 aromatic heterocycles. The van der Waals surface area contributed by atoms with E-state index in [2.05, 4.69) is 59.0 Å². The third kappa shape index (κ3) is 4.30. The second-order valence-electron chi connectivity index (χ2n) is 6.30. The molecule has 0 saturated heterocycles. The molecule has 30 heavy (non-hydrogen) atoms. The second-order valence-corrected chi connectivity index (χ2v) is 9.60. The number of nitrogens with one attached hydrogen (secondary N) is 1. The van der Waals surface area contributed by atoms with E-state index in [1.807, 2.05) is 38.1 Å². The molecule has 0 radical (unpaired) electrons. The summed E-state index contributed by atoms with van der Waals surface area (Å²) in [5, 5.41) is 22.9. The van der Waals surface area contributed by atoms with Crippen molar-refractivity contribution < 1.29 is 14.6 Å². The Hall–Kier alpha value is -1.79. The molecule has 2 heterocycles. The molecule has 2 N–H and O–H groups in total. The minimum Gasteiger partial charge on any atom is -0.504 e. The zero-order chi connectivity index (χ0) is 21.3. The number of ether oxygens (including phenoxy) is 2. The summed E-state index contributed by atoms with van der Waals surface area (Å²) < 4.78 is 13.5. The minimum absolute atomic E-state index is 0.116. The molecular formula is C20H18BrIN4O3S. The summed E-state index contributed by atoms with van der Waals surface area (Å²) in [4.78, 5) is 4.60. The van der Waals surface area contributed by atoms with Crippen LogP contribution in [0.4, 0.5) is 5.69 Å². The van der Waals surface area contributed by atoms with E-state index < -0.39 is 6.23 Å². The zero-order valence-electron chi connectivity index (χ0n) is 16.1. The maximum absolute atomic E-state index is 10.3. The largest absolute Gasteiger partial charge is 0.504 e. The minimum atomic E-state index is -0.560. The fourth-order valence-corrected chi connectivity index (χ4v) is 4.51. The van der Waals surface area contributed by atoms with Gasteiger partial charge in [0, 0.05) is 21.3 Å². The molecule has 0 fully saturated rings. The van der Waals surface area contributed by atoms with E-state index >= 15 is 0 Å². The smallest absolute Gasteiger partial charge is 0.247 e. The van der Waals surface area contributed by atoms with Crippen LogP contribution in [0.1, 0.15) is 25.6 Å². The van der Waals surface area contributed by atoms with E-state index in [4.69, 9.17) is 9.47 Å². The molecule has 0 spiro atoms. The van der Waals surface area contributed by atoms with Crippen molar-refractivity contribution in [2.45, 2.75) is 25.2 Å². The van der Waals surface area contributed by atoms with Crippen LogP contribution in [0, 0.1) is 3.57 Å². The first-order valence-corrected chi connectivity index (χ1v) is 12.1. The number of fused-ring (bicyclic) bond motifs is 3. The lowest BCUT2D eigenvalue weighted by atomic mass is 10.1. The van der Waals surface area contributed by atoms with Gasteiger partial charge in [-0.05, 0) is 65.6 Å². The highest BCUT2D eigenvalue weighted by Crippen LogP contribution is 2.42. The summed E-state index contributed by atoms with van der Waals surface area (Å²) in [5.41, 5.74) is 3.05. The van der Waals surface area contributed by atoms with Crippen molar-refractivity contribution in [2.75, 3.05) is 17.7 Å². The lowest BCUT2D eigenvalue weighted by molar-refractivity contribution is 0.224. The first-order valence-electron chi connectivity index (χ1n) is 9.26. The fourth-order valence-electron chi connectivity index (χ4n) is 3.02. The Morgan fingerprint density at radius 3 is 2.87 bits per heavy atom. The Morgan fingerprint density at radius 2 is 2.10 bits per heavy atom. The molecule has 4 rings (SSSR count). The molecule has 1 aliphatic rings. The number of benzene rings is 2. The van der Waals surface area contributed by atoms with E-state index in [1.54, 1.807) is 6.07 Å². The molecule has 156 valence electrons. The van der Waals surface area contributed by atoms with Crippen LogP contribution in [0.3, 0.4) is 0 Å². The van der Waals surface area contributed by atoms with Crippen molar-refractivity contribution in [3.8, 4) is 28.6 Å². The molecule has 1 unspecified atom stereocenters. The SMILES string of the molecule is CCOc1cc(C2Nc3ccc(Br)cc3-c3nnc(SCC)nc3O2)cc(I)c1O. The number of aromatic nitrogens is 3. The number of hydrogen-bond acceptors (Lipinski definition) is 8. The van der Waals surface area contributed by atoms with Crippen LogP contribution < -0.4 is 14.8 Å². The van der Waals surface area contributed by atoms with E-state index in [0.717, 1.165) is 27.0 Å². The van der Waals surface area contributed by atoms with Gasteiger partial charge in [0.05, 0.1) is 10.2 Å². The molecular weight excluding hydrogens is 583 g/mol. The molecule has 2 aromatic carbocycles. The van der Waals surface area contributed by atoms with Gasteiger partial charge in [0.25, 0.3) is 0 Å². The summed E-state index contributed by atoms with van der Waals surface area (Å²) in [6.45, 7) is 4.35. The second kappa shape index (κ2) is 9.15. The standard InChI is InChI=1S/C20H18BrIN4O3S/c1-3-28-15-8-10(7-13(22)17(15)27)18-23-14-6-5-11(21)9-12(14)16-19(29-18)24-20(26-25-16)30-4-2/h5-9,18,23,27H,3-4H2,1-2H3. The molecule has 1 aliphatic heterocycles. The number of hydrogen-bond donors (Lipinski definition) is 2. The molecule has 0 amide bonds. The van der Waals surface area contributed by atoms with Crippen LogP contribution >= 0.6 is 50.3 Å². The summed E-state index contributed by atoms with van der Waals surface area (Å²) in [6.07, 6.45) is -0.560. The Labute approximate surface area is 200 Å². The van der Waals surface area contributed by atoms with Gasteiger partial charge in [-0.3, -0.25) is 0 Å². The Bertz CT molecular complexity index is 1100. The van der Waals surface area contributed by atoms with Gasteiger partial charge in [-0.1, -0.05) is 34.6 Å². The van der Waals surface area contributed by atoms with Crippen LogP contribution in [0.5, 0.6) is 17.4 Å². The molecule has 7 nitrogen and oxygen atoms in total. The average molecular weight is 601 g/mol. The normalized spacial score (nSPS) is 14.7. The first kappa shape index (κ1) is 21.4. The Balaban J connectivity index is 1.84. The van der Waals surface area contributed by atoms with Crippen LogP contribution in [0.25, 0.3) is 11.3 Å². The van der Waals surface area contributed by atoms with Gasteiger partial charge >= 0.3 is 0 Å². The highest BCUT2D eigenvalue weighted by Gasteiger charge is 2.27. The van der Waals surface area contributed by atoms with Gasteiger partial charge in [0.15, 0.2) is 23.4 Å². The predicted octanol–water partition coefficient (Wildman–Crippen LogP) is 5.63. The number of anilines is 1. The molecule has 10 heteroatoms. The van der Waals surface area contributed by atoms with Gasteiger partial charge < -0.3 is 19.9 Å². The van der Waals surface area contributed by atoms with Gasteiger partial charge in [0.1, 0.15) is 0 Å².